The molecule has 0 aromatic heterocycles. The van der Waals surface area contributed by atoms with Gasteiger partial charge in [-0.05, 0) is 11.1 Å². The molecule has 0 spiro atoms. The van der Waals surface area contributed by atoms with Crippen LogP contribution < -0.4 is 0 Å². The maximum Gasteiger partial charge on any atom is 0.466 e. The number of rotatable bonds is 4. The Morgan fingerprint density at radius 2 is 1.05 bits per heavy atom. The first-order valence-electron chi connectivity index (χ1n) is 5.89. The van der Waals surface area contributed by atoms with Crippen LogP contribution in [0, 0.1) is 0 Å². The van der Waals surface area contributed by atoms with Gasteiger partial charge in [0, 0.05) is 0 Å². The average molecular weight is 333 g/mol. The lowest BCUT2D eigenvalue weighted by Gasteiger charge is -2.03. The molecule has 0 bridgehead atoms. The zero-order chi connectivity index (χ0) is 14.8. The summed E-state index contributed by atoms with van der Waals surface area (Å²) in [5.41, 5.74) is 2.43. The van der Waals surface area contributed by atoms with Crippen molar-refractivity contribution in [2.45, 2.75) is 13.2 Å². The van der Waals surface area contributed by atoms with Gasteiger partial charge >= 0.3 is 7.82 Å². The van der Waals surface area contributed by atoms with Gasteiger partial charge in [0.15, 0.2) is 0 Å². The molecule has 116 valence electrons. The molecule has 0 radical (unpaired) electrons. The lowest BCUT2D eigenvalue weighted by Crippen LogP contribution is -1.93. The second kappa shape index (κ2) is 10.5. The van der Waals surface area contributed by atoms with Crippen molar-refractivity contribution in [1.29, 1.82) is 0 Å². The van der Waals surface area contributed by atoms with Crippen molar-refractivity contribution in [3.63, 3.8) is 0 Å². The van der Waals surface area contributed by atoms with Crippen molar-refractivity contribution in [2.24, 2.45) is 0 Å². The standard InChI is InChI=1S/C14H14O.ClH.H3O4P/c1-3-7-13(8-4-1)11-15-12-14-9-5-2-6-10-14;;1-5(2,3)4/h1-10H,11-12H2;1H;(H3,1,2,3,4). The van der Waals surface area contributed by atoms with E-state index in [0.29, 0.717) is 13.2 Å². The van der Waals surface area contributed by atoms with E-state index >= 15 is 0 Å². The molecule has 0 aliphatic rings. The van der Waals surface area contributed by atoms with Crippen molar-refractivity contribution in [3.05, 3.63) is 71.8 Å². The van der Waals surface area contributed by atoms with E-state index in [0.717, 1.165) is 0 Å². The molecule has 0 amide bonds. The van der Waals surface area contributed by atoms with Crippen LogP contribution in [0.3, 0.4) is 0 Å². The van der Waals surface area contributed by atoms with E-state index in [-0.39, 0.29) is 12.4 Å². The zero-order valence-electron chi connectivity index (χ0n) is 11.2. The smallest absolute Gasteiger partial charge is 0.372 e. The van der Waals surface area contributed by atoms with Gasteiger partial charge in [-0.3, -0.25) is 0 Å². The Hall–Kier alpha value is -1.20. The van der Waals surface area contributed by atoms with E-state index in [1.165, 1.54) is 11.1 Å². The molecule has 2 aromatic carbocycles. The molecule has 0 fully saturated rings. The van der Waals surface area contributed by atoms with Gasteiger partial charge in [0.2, 0.25) is 0 Å². The summed E-state index contributed by atoms with van der Waals surface area (Å²) in [5.74, 6) is 0. The van der Waals surface area contributed by atoms with E-state index in [4.69, 9.17) is 24.0 Å². The first-order valence-corrected chi connectivity index (χ1v) is 7.45. The molecule has 0 saturated carbocycles. The van der Waals surface area contributed by atoms with Crippen molar-refractivity contribution < 1.29 is 24.0 Å². The summed E-state index contributed by atoms with van der Waals surface area (Å²) >= 11 is 0. The summed E-state index contributed by atoms with van der Waals surface area (Å²) in [6, 6.07) is 20.4. The summed E-state index contributed by atoms with van der Waals surface area (Å²) in [6.45, 7) is 1.35. The molecule has 3 N–H and O–H groups in total. The summed E-state index contributed by atoms with van der Waals surface area (Å²) in [7, 11) is -4.64. The number of phosphoric acid groups is 1. The van der Waals surface area contributed by atoms with E-state index in [9.17, 15) is 0 Å². The van der Waals surface area contributed by atoms with Crippen molar-refractivity contribution in [3.8, 4) is 0 Å². The first-order chi connectivity index (χ1) is 9.45. The average Bonchev–Trinajstić information content (AvgIpc) is 2.39. The molecule has 0 aliphatic carbocycles. The van der Waals surface area contributed by atoms with Crippen LogP contribution in [0.25, 0.3) is 0 Å². The van der Waals surface area contributed by atoms with Gasteiger partial charge < -0.3 is 19.4 Å². The minimum Gasteiger partial charge on any atom is -0.372 e. The molecule has 0 aliphatic heterocycles. The van der Waals surface area contributed by atoms with E-state index in [1.54, 1.807) is 0 Å². The van der Waals surface area contributed by atoms with Gasteiger partial charge in [-0.25, -0.2) is 4.57 Å². The number of benzene rings is 2. The zero-order valence-corrected chi connectivity index (χ0v) is 12.9. The SMILES string of the molecule is Cl.O=P(O)(O)O.c1ccc(COCc2ccccc2)cc1. The molecule has 5 nitrogen and oxygen atoms in total. The highest BCUT2D eigenvalue weighted by Gasteiger charge is 2.00. The van der Waals surface area contributed by atoms with Crippen LogP contribution in [0.5, 0.6) is 0 Å². The Balaban J connectivity index is 0.000000583. The van der Waals surface area contributed by atoms with Crippen LogP contribution in [-0.2, 0) is 22.5 Å². The Labute approximate surface area is 129 Å². The van der Waals surface area contributed by atoms with Crippen LogP contribution in [0.2, 0.25) is 0 Å². The van der Waals surface area contributed by atoms with E-state index < -0.39 is 7.82 Å². The monoisotopic (exact) mass is 332 g/mol. The largest absolute Gasteiger partial charge is 0.466 e. The molecule has 0 atom stereocenters. The highest BCUT2D eigenvalue weighted by molar-refractivity contribution is 7.45. The molecule has 0 unspecified atom stereocenters. The van der Waals surface area contributed by atoms with Crippen molar-refractivity contribution in [1.82, 2.24) is 0 Å². The molecule has 2 aromatic rings. The lowest BCUT2D eigenvalue weighted by atomic mass is 10.2. The lowest BCUT2D eigenvalue weighted by molar-refractivity contribution is 0.107. The molecule has 0 heterocycles. The van der Waals surface area contributed by atoms with Crippen molar-refractivity contribution in [2.75, 3.05) is 0 Å². The first kappa shape index (κ1) is 19.8. The predicted octanol–water partition coefficient (Wildman–Crippen LogP) is 2.90. The minimum absolute atomic E-state index is 0. The summed E-state index contributed by atoms with van der Waals surface area (Å²) in [6.07, 6.45) is 0. The van der Waals surface area contributed by atoms with Gasteiger partial charge in [-0.1, -0.05) is 60.7 Å². The minimum atomic E-state index is -4.64. The second-order valence-corrected chi connectivity index (χ2v) is 5.00. The molecule has 2 rings (SSSR count). The summed E-state index contributed by atoms with van der Waals surface area (Å²) < 4.78 is 14.5. The number of hydrogen-bond acceptors (Lipinski definition) is 2. The Bertz CT molecular complexity index is 482. The fourth-order valence-corrected chi connectivity index (χ4v) is 1.44. The molecular weight excluding hydrogens is 315 g/mol. The van der Waals surface area contributed by atoms with Crippen LogP contribution in [0.1, 0.15) is 11.1 Å². The van der Waals surface area contributed by atoms with Crippen LogP contribution >= 0.6 is 20.2 Å². The van der Waals surface area contributed by atoms with Gasteiger partial charge in [-0.2, -0.15) is 0 Å². The molecule has 0 saturated heterocycles. The fourth-order valence-electron chi connectivity index (χ4n) is 1.44. The molecule has 7 heteroatoms. The van der Waals surface area contributed by atoms with E-state index in [2.05, 4.69) is 24.3 Å². The highest BCUT2D eigenvalue weighted by atomic mass is 35.5. The van der Waals surface area contributed by atoms with Crippen molar-refractivity contribution >= 4 is 20.2 Å². The predicted molar refractivity (Wildman–Crippen MR) is 82.9 cm³/mol. The third kappa shape index (κ3) is 12.3. The summed E-state index contributed by atoms with van der Waals surface area (Å²) in [4.78, 5) is 21.6. The third-order valence-electron chi connectivity index (χ3n) is 2.22. The van der Waals surface area contributed by atoms with Crippen LogP contribution in [0.15, 0.2) is 60.7 Å². The quantitative estimate of drug-likeness (QED) is 0.749. The van der Waals surface area contributed by atoms with Gasteiger partial charge in [0.1, 0.15) is 0 Å². The Morgan fingerprint density at radius 3 is 1.33 bits per heavy atom. The van der Waals surface area contributed by atoms with E-state index in [1.807, 2.05) is 36.4 Å². The highest BCUT2D eigenvalue weighted by Crippen LogP contribution is 2.25. The number of halogens is 1. The number of hydrogen-bond donors (Lipinski definition) is 3. The Kier molecular flexibility index (Phi) is 9.91. The molecular formula is C14H18ClO5P. The third-order valence-corrected chi connectivity index (χ3v) is 2.22. The van der Waals surface area contributed by atoms with Gasteiger partial charge in [0.25, 0.3) is 0 Å². The molecule has 21 heavy (non-hydrogen) atoms. The topological polar surface area (TPSA) is 87.0 Å². The summed E-state index contributed by atoms with van der Waals surface area (Å²) in [5, 5.41) is 0. The van der Waals surface area contributed by atoms with Gasteiger partial charge in [-0.15, -0.1) is 12.4 Å². The normalized spacial score (nSPS) is 10.0. The van der Waals surface area contributed by atoms with Crippen LogP contribution in [-0.4, -0.2) is 14.7 Å². The second-order valence-electron chi connectivity index (χ2n) is 3.98. The Morgan fingerprint density at radius 1 is 0.762 bits per heavy atom. The maximum atomic E-state index is 8.88. The number of ether oxygens (including phenoxy) is 1. The fraction of sp³-hybridized carbons (Fsp3) is 0.143. The van der Waals surface area contributed by atoms with Gasteiger partial charge in [0.05, 0.1) is 13.2 Å². The maximum absolute atomic E-state index is 8.88. The van der Waals surface area contributed by atoms with Crippen LogP contribution in [0.4, 0.5) is 0 Å².